The number of allylic oxidation sites excluding steroid dienone is 1. The molecule has 3 heteroatoms. The first kappa shape index (κ1) is 5.51. The molecule has 0 aliphatic rings. The molecule has 32 valence electrons. The van der Waals surface area contributed by atoms with Gasteiger partial charge in [-0.25, -0.2) is 0 Å². The van der Waals surface area contributed by atoms with Gasteiger partial charge < -0.3 is 0 Å². The molecule has 2 nitrogen and oxygen atoms in total. The van der Waals surface area contributed by atoms with Crippen LogP contribution in [0.4, 0.5) is 0 Å². The highest BCUT2D eigenvalue weighted by atomic mass is 31.1. The molecular weight excluding hydrogens is 99.0 g/mol. The van der Waals surface area contributed by atoms with E-state index in [-0.39, 0.29) is 0 Å². The molecule has 0 fully saturated rings. The van der Waals surface area contributed by atoms with Crippen LogP contribution in [0.25, 0.3) is 0 Å². The minimum Gasteiger partial charge on any atom is -0.281 e. The molecule has 0 rings (SSSR count). The highest BCUT2D eigenvalue weighted by molar-refractivity contribution is 7.46. The van der Waals surface area contributed by atoms with Crippen LogP contribution in [0.1, 0.15) is 0 Å². The Balaban J connectivity index is 3.52. The summed E-state index contributed by atoms with van der Waals surface area (Å²) in [5, 5.41) is 0. The first-order chi connectivity index (χ1) is 2.81. The lowest BCUT2D eigenvalue weighted by Crippen LogP contribution is -1.69. The van der Waals surface area contributed by atoms with E-state index in [0.29, 0.717) is 0 Å². The molecule has 6 heavy (non-hydrogen) atoms. The zero-order valence-electron chi connectivity index (χ0n) is 3.05. The predicted molar refractivity (Wildman–Crippen MR) is 22.8 cm³/mol. The molecule has 0 aromatic carbocycles. The molecular formula is C3H3O2P. The van der Waals surface area contributed by atoms with Crippen LogP contribution in [0.5, 0.6) is 0 Å². The van der Waals surface area contributed by atoms with Gasteiger partial charge in [-0.1, -0.05) is 6.58 Å². The fourth-order valence-corrected chi connectivity index (χ4v) is 0.112. The van der Waals surface area contributed by atoms with Gasteiger partial charge >= 0.3 is 0 Å². The minimum atomic E-state index is -0.479. The molecule has 0 N–H and O–H groups in total. The number of hydrogen-bond acceptors (Lipinski definition) is 2. The number of carbonyl (C=O) groups excluding carboxylic acids is 1. The van der Waals surface area contributed by atoms with Crippen LogP contribution in [0, 0.1) is 0 Å². The van der Waals surface area contributed by atoms with Gasteiger partial charge in [-0.05, 0) is 6.08 Å². The van der Waals surface area contributed by atoms with Crippen LogP contribution in [-0.2, 0) is 9.36 Å². The van der Waals surface area contributed by atoms with Crippen molar-refractivity contribution in [3.8, 4) is 0 Å². The van der Waals surface area contributed by atoms with Gasteiger partial charge in [0.15, 0.2) is 0 Å². The van der Waals surface area contributed by atoms with Crippen LogP contribution < -0.4 is 0 Å². The Kier molecular flexibility index (Phi) is 2.51. The van der Waals surface area contributed by atoms with Gasteiger partial charge in [0.1, 0.15) is 0 Å². The Morgan fingerprint density at radius 3 is 2.33 bits per heavy atom. The summed E-state index contributed by atoms with van der Waals surface area (Å²) in [6.45, 7) is 3.07. The molecule has 0 spiro atoms. The van der Waals surface area contributed by atoms with Gasteiger partial charge in [0, 0.05) is 0 Å². The molecule has 0 aliphatic carbocycles. The van der Waals surface area contributed by atoms with E-state index in [1.165, 1.54) is 0 Å². The normalized spacial score (nSPS) is 8.00. The maximum Gasteiger partial charge on any atom is 0.245 e. The van der Waals surface area contributed by atoms with E-state index < -0.39 is 14.0 Å². The van der Waals surface area contributed by atoms with Gasteiger partial charge in [-0.3, -0.25) is 9.36 Å². The van der Waals surface area contributed by atoms with E-state index in [4.69, 9.17) is 0 Å². The second-order valence-electron chi connectivity index (χ2n) is 0.634. The zero-order valence-corrected chi connectivity index (χ0v) is 3.94. The summed E-state index contributed by atoms with van der Waals surface area (Å²) in [4.78, 5) is 9.74. The zero-order chi connectivity index (χ0) is 4.99. The topological polar surface area (TPSA) is 34.1 Å². The van der Waals surface area contributed by atoms with Crippen molar-refractivity contribution in [3.63, 3.8) is 0 Å². The van der Waals surface area contributed by atoms with Gasteiger partial charge in [0.05, 0.1) is 0 Å². The molecule has 0 aromatic rings. The summed E-state index contributed by atoms with van der Waals surface area (Å²) < 4.78 is 9.41. The largest absolute Gasteiger partial charge is 0.281 e. The summed E-state index contributed by atoms with van der Waals surface area (Å²) >= 11 is 0. The van der Waals surface area contributed by atoms with Crippen molar-refractivity contribution in [2.45, 2.75) is 0 Å². The number of rotatable bonds is 2. The van der Waals surface area contributed by atoms with Crippen molar-refractivity contribution < 1.29 is 9.36 Å². The van der Waals surface area contributed by atoms with E-state index in [9.17, 15) is 9.36 Å². The fourth-order valence-electron chi connectivity index (χ4n) is 0.0373. The van der Waals surface area contributed by atoms with E-state index in [1.807, 2.05) is 0 Å². The summed E-state index contributed by atoms with van der Waals surface area (Å²) in [5.41, 5.74) is -0.477. The monoisotopic (exact) mass is 102 g/mol. The lowest BCUT2D eigenvalue weighted by molar-refractivity contribution is -0.107. The second kappa shape index (κ2) is 2.73. The maximum atomic E-state index is 9.74. The minimum absolute atomic E-state index is 0.477. The molecule has 0 aliphatic heterocycles. The van der Waals surface area contributed by atoms with Crippen LogP contribution in [0.3, 0.4) is 0 Å². The first-order valence-corrected chi connectivity index (χ1v) is 2.12. The fraction of sp³-hybridized carbons (Fsp3) is 0. The van der Waals surface area contributed by atoms with Crippen LogP contribution in [-0.4, -0.2) is 5.52 Å². The van der Waals surface area contributed by atoms with Gasteiger partial charge in [-0.15, -0.1) is 0 Å². The summed E-state index contributed by atoms with van der Waals surface area (Å²) in [7, 11) is -0.479. The Bertz CT molecular complexity index is 76.8. The van der Waals surface area contributed by atoms with Crippen LogP contribution >= 0.6 is 8.46 Å². The first-order valence-electron chi connectivity index (χ1n) is 1.31. The average Bonchev–Trinajstić information content (AvgIpc) is 1.65. The van der Waals surface area contributed by atoms with Crippen molar-refractivity contribution in [2.75, 3.05) is 0 Å². The van der Waals surface area contributed by atoms with E-state index in [1.54, 1.807) is 0 Å². The van der Waals surface area contributed by atoms with Crippen LogP contribution in [0.2, 0.25) is 0 Å². The van der Waals surface area contributed by atoms with Crippen molar-refractivity contribution >= 4 is 14.0 Å². The third-order valence-corrected chi connectivity index (χ3v) is 0.627. The lowest BCUT2D eigenvalue weighted by atomic mass is 10.7. The third kappa shape index (κ3) is 1.79. The van der Waals surface area contributed by atoms with E-state index in [0.717, 1.165) is 6.08 Å². The Morgan fingerprint density at radius 1 is 1.83 bits per heavy atom. The van der Waals surface area contributed by atoms with Crippen molar-refractivity contribution in [1.82, 2.24) is 0 Å². The molecule has 0 saturated carbocycles. The molecule has 0 unspecified atom stereocenters. The quantitative estimate of drug-likeness (QED) is 0.385. The van der Waals surface area contributed by atoms with Gasteiger partial charge in [-0.2, -0.15) is 0 Å². The third-order valence-electron chi connectivity index (χ3n) is 0.265. The van der Waals surface area contributed by atoms with E-state index in [2.05, 4.69) is 6.58 Å². The molecule has 0 bridgehead atoms. The smallest absolute Gasteiger partial charge is 0.245 e. The molecule has 0 radical (unpaired) electrons. The highest BCUT2D eigenvalue weighted by Crippen LogP contribution is 1.91. The molecule has 0 saturated heterocycles. The summed E-state index contributed by atoms with van der Waals surface area (Å²) in [6, 6.07) is 0. The average molecular weight is 102 g/mol. The molecule has 0 atom stereocenters. The Labute approximate surface area is 37.1 Å². The maximum absolute atomic E-state index is 9.74. The van der Waals surface area contributed by atoms with Gasteiger partial charge in [0.2, 0.25) is 14.0 Å². The van der Waals surface area contributed by atoms with Gasteiger partial charge in [0.25, 0.3) is 0 Å². The SMILES string of the molecule is C=CC(=O)P=O. The highest BCUT2D eigenvalue weighted by Gasteiger charge is 1.84. The lowest BCUT2D eigenvalue weighted by Gasteiger charge is -1.61. The number of hydrogen-bond donors (Lipinski definition) is 0. The van der Waals surface area contributed by atoms with Crippen molar-refractivity contribution in [2.24, 2.45) is 0 Å². The Hall–Kier alpha value is -0.490. The molecule has 0 aromatic heterocycles. The second-order valence-corrected chi connectivity index (χ2v) is 1.26. The molecule has 0 heterocycles. The standard InChI is InChI=1S/C3H3O2P/c1-2-3(4)6-5/h2H,1H2. The van der Waals surface area contributed by atoms with Crippen molar-refractivity contribution in [3.05, 3.63) is 12.7 Å². The van der Waals surface area contributed by atoms with E-state index >= 15 is 0 Å². The Morgan fingerprint density at radius 2 is 2.33 bits per heavy atom. The summed E-state index contributed by atoms with van der Waals surface area (Å²) in [6.07, 6.45) is 1.01. The summed E-state index contributed by atoms with van der Waals surface area (Å²) in [5.74, 6) is 0. The molecule has 0 amide bonds. The van der Waals surface area contributed by atoms with Crippen LogP contribution in [0.15, 0.2) is 12.7 Å². The predicted octanol–water partition coefficient (Wildman–Crippen LogP) is 0.991. The van der Waals surface area contributed by atoms with Crippen molar-refractivity contribution in [1.29, 1.82) is 0 Å². The number of carbonyl (C=O) groups is 1.